The SMILES string of the molecule is Cc1cc(C(=O)OC[C@H]2CC(=O)N(Cc3ccccc3)C2)c(C)o1. The van der Waals surface area contributed by atoms with Gasteiger partial charge in [0.05, 0.1) is 6.61 Å². The van der Waals surface area contributed by atoms with Gasteiger partial charge in [-0.15, -0.1) is 0 Å². The van der Waals surface area contributed by atoms with Gasteiger partial charge in [-0.2, -0.15) is 0 Å². The highest BCUT2D eigenvalue weighted by Gasteiger charge is 2.30. The first kappa shape index (κ1) is 16.3. The minimum absolute atomic E-state index is 0.0402. The van der Waals surface area contributed by atoms with Crippen molar-refractivity contribution in [3.63, 3.8) is 0 Å². The predicted molar refractivity (Wildman–Crippen MR) is 88.4 cm³/mol. The molecule has 2 aromatic rings. The average molecular weight is 327 g/mol. The molecule has 0 bridgehead atoms. The summed E-state index contributed by atoms with van der Waals surface area (Å²) in [5.41, 5.74) is 1.56. The van der Waals surface area contributed by atoms with Crippen LogP contribution in [0.3, 0.4) is 0 Å². The fraction of sp³-hybridized carbons (Fsp3) is 0.368. The summed E-state index contributed by atoms with van der Waals surface area (Å²) in [7, 11) is 0. The van der Waals surface area contributed by atoms with Crippen molar-refractivity contribution in [3.8, 4) is 0 Å². The van der Waals surface area contributed by atoms with Crippen LogP contribution < -0.4 is 0 Å². The lowest BCUT2D eigenvalue weighted by atomic mass is 10.1. The molecule has 1 atom stereocenters. The average Bonchev–Trinajstić information content (AvgIpc) is 3.08. The van der Waals surface area contributed by atoms with Crippen LogP contribution in [0, 0.1) is 19.8 Å². The summed E-state index contributed by atoms with van der Waals surface area (Å²) in [5.74, 6) is 1.00. The van der Waals surface area contributed by atoms with E-state index in [0.717, 1.165) is 5.56 Å². The Morgan fingerprint density at radius 1 is 1.29 bits per heavy atom. The van der Waals surface area contributed by atoms with Gasteiger partial charge >= 0.3 is 5.97 Å². The first-order chi connectivity index (χ1) is 11.5. The zero-order chi connectivity index (χ0) is 17.1. The normalized spacial score (nSPS) is 17.3. The zero-order valence-electron chi connectivity index (χ0n) is 14.0. The summed E-state index contributed by atoms with van der Waals surface area (Å²) in [6.45, 7) is 5.00. The summed E-state index contributed by atoms with van der Waals surface area (Å²) in [6.07, 6.45) is 0.420. The maximum atomic E-state index is 12.1. The van der Waals surface area contributed by atoms with Crippen molar-refractivity contribution in [2.75, 3.05) is 13.2 Å². The van der Waals surface area contributed by atoms with Crippen molar-refractivity contribution >= 4 is 11.9 Å². The third-order valence-corrected chi connectivity index (χ3v) is 4.22. The van der Waals surface area contributed by atoms with E-state index in [9.17, 15) is 9.59 Å². The van der Waals surface area contributed by atoms with Crippen LogP contribution in [0.1, 0.15) is 33.9 Å². The minimum atomic E-state index is -0.390. The molecule has 1 aromatic heterocycles. The van der Waals surface area contributed by atoms with Gasteiger partial charge in [-0.05, 0) is 25.5 Å². The Kier molecular flexibility index (Phi) is 4.69. The molecule has 1 fully saturated rings. The number of likely N-dealkylation sites (tertiary alicyclic amines) is 1. The van der Waals surface area contributed by atoms with E-state index in [2.05, 4.69) is 0 Å². The molecular weight excluding hydrogens is 306 g/mol. The fourth-order valence-corrected chi connectivity index (χ4v) is 3.03. The topological polar surface area (TPSA) is 59.8 Å². The van der Waals surface area contributed by atoms with E-state index < -0.39 is 5.97 Å². The summed E-state index contributed by atoms with van der Waals surface area (Å²) in [5, 5.41) is 0. The molecule has 0 spiro atoms. The smallest absolute Gasteiger partial charge is 0.341 e. The Morgan fingerprint density at radius 3 is 2.71 bits per heavy atom. The van der Waals surface area contributed by atoms with E-state index in [4.69, 9.17) is 9.15 Å². The maximum Gasteiger partial charge on any atom is 0.341 e. The highest BCUT2D eigenvalue weighted by molar-refractivity contribution is 5.90. The quantitative estimate of drug-likeness (QED) is 0.792. The maximum absolute atomic E-state index is 12.1. The second-order valence-electron chi connectivity index (χ2n) is 6.26. The Morgan fingerprint density at radius 2 is 2.04 bits per heavy atom. The molecule has 1 aliphatic rings. The fourth-order valence-electron chi connectivity index (χ4n) is 3.03. The Balaban J connectivity index is 1.53. The van der Waals surface area contributed by atoms with Crippen LogP contribution in [0.25, 0.3) is 0 Å². The number of amides is 1. The molecule has 5 heteroatoms. The molecule has 24 heavy (non-hydrogen) atoms. The number of carbonyl (C=O) groups is 2. The highest BCUT2D eigenvalue weighted by atomic mass is 16.5. The molecule has 0 unspecified atom stereocenters. The Hall–Kier alpha value is -2.56. The molecule has 1 aromatic carbocycles. The first-order valence-electron chi connectivity index (χ1n) is 8.09. The second kappa shape index (κ2) is 6.91. The van der Waals surface area contributed by atoms with E-state index in [0.29, 0.717) is 36.6 Å². The molecule has 0 saturated carbocycles. The molecule has 2 heterocycles. The number of hydrogen-bond acceptors (Lipinski definition) is 4. The van der Waals surface area contributed by atoms with Crippen molar-refractivity contribution in [3.05, 3.63) is 59.0 Å². The van der Waals surface area contributed by atoms with Gasteiger partial charge < -0.3 is 14.1 Å². The first-order valence-corrected chi connectivity index (χ1v) is 8.09. The summed E-state index contributed by atoms with van der Waals surface area (Å²) in [6, 6.07) is 11.6. The van der Waals surface area contributed by atoms with Gasteiger partial charge in [0.25, 0.3) is 0 Å². The lowest BCUT2D eigenvalue weighted by molar-refractivity contribution is -0.128. The number of ether oxygens (including phenoxy) is 1. The number of esters is 1. The van der Waals surface area contributed by atoms with Crippen LogP contribution in [-0.4, -0.2) is 29.9 Å². The van der Waals surface area contributed by atoms with Crippen LogP contribution in [0.5, 0.6) is 0 Å². The van der Waals surface area contributed by atoms with E-state index in [1.165, 1.54) is 0 Å². The monoisotopic (exact) mass is 327 g/mol. The van der Waals surface area contributed by atoms with Gasteiger partial charge in [-0.25, -0.2) is 4.79 Å². The number of furan rings is 1. The summed E-state index contributed by atoms with van der Waals surface area (Å²) in [4.78, 5) is 26.1. The Bertz CT molecular complexity index is 735. The van der Waals surface area contributed by atoms with Gasteiger partial charge in [-0.1, -0.05) is 30.3 Å². The number of aryl methyl sites for hydroxylation is 2. The third-order valence-electron chi connectivity index (χ3n) is 4.22. The molecule has 0 aliphatic carbocycles. The predicted octanol–water partition coefficient (Wildman–Crippen LogP) is 3.10. The molecular formula is C19H21NO4. The number of rotatable bonds is 5. The molecule has 1 amide bonds. The molecule has 0 radical (unpaired) electrons. The molecule has 126 valence electrons. The second-order valence-corrected chi connectivity index (χ2v) is 6.26. The molecule has 0 N–H and O–H groups in total. The van der Waals surface area contributed by atoms with E-state index in [-0.39, 0.29) is 18.4 Å². The lowest BCUT2D eigenvalue weighted by Crippen LogP contribution is -2.25. The number of nitrogens with zero attached hydrogens (tertiary/aromatic N) is 1. The largest absolute Gasteiger partial charge is 0.466 e. The number of benzene rings is 1. The van der Waals surface area contributed by atoms with Crippen molar-refractivity contribution < 1.29 is 18.7 Å². The highest BCUT2D eigenvalue weighted by Crippen LogP contribution is 2.21. The zero-order valence-corrected chi connectivity index (χ0v) is 14.0. The van der Waals surface area contributed by atoms with Crippen LogP contribution in [0.15, 0.2) is 40.8 Å². The molecule has 1 saturated heterocycles. The number of carbonyl (C=O) groups excluding carboxylic acids is 2. The molecule has 1 aliphatic heterocycles. The minimum Gasteiger partial charge on any atom is -0.466 e. The van der Waals surface area contributed by atoms with Crippen molar-refractivity contribution in [1.29, 1.82) is 0 Å². The van der Waals surface area contributed by atoms with E-state index in [1.54, 1.807) is 19.9 Å². The third kappa shape index (κ3) is 3.67. The van der Waals surface area contributed by atoms with Crippen LogP contribution in [0.4, 0.5) is 0 Å². The van der Waals surface area contributed by atoms with Crippen LogP contribution >= 0.6 is 0 Å². The molecule has 3 rings (SSSR count). The van der Waals surface area contributed by atoms with Crippen molar-refractivity contribution in [1.82, 2.24) is 4.90 Å². The van der Waals surface area contributed by atoms with Gasteiger partial charge in [0.2, 0.25) is 5.91 Å². The van der Waals surface area contributed by atoms with Gasteiger partial charge in [-0.3, -0.25) is 4.79 Å². The van der Waals surface area contributed by atoms with Gasteiger partial charge in [0.1, 0.15) is 17.1 Å². The Labute approximate surface area is 141 Å². The summed E-state index contributed by atoms with van der Waals surface area (Å²) < 4.78 is 10.7. The van der Waals surface area contributed by atoms with Crippen molar-refractivity contribution in [2.24, 2.45) is 5.92 Å². The van der Waals surface area contributed by atoms with Crippen LogP contribution in [-0.2, 0) is 16.1 Å². The van der Waals surface area contributed by atoms with E-state index >= 15 is 0 Å². The standard InChI is InChI=1S/C19H21NO4/c1-13-8-17(14(2)24-13)19(22)23-12-16-9-18(21)20(11-16)10-15-6-4-3-5-7-15/h3-8,16H,9-12H2,1-2H3/t16-/m0/s1. The van der Waals surface area contributed by atoms with Crippen molar-refractivity contribution in [2.45, 2.75) is 26.8 Å². The lowest BCUT2D eigenvalue weighted by Gasteiger charge is -2.16. The summed E-state index contributed by atoms with van der Waals surface area (Å²) >= 11 is 0. The van der Waals surface area contributed by atoms with Crippen LogP contribution in [0.2, 0.25) is 0 Å². The van der Waals surface area contributed by atoms with Gasteiger partial charge in [0, 0.05) is 25.4 Å². The molecule has 5 nitrogen and oxygen atoms in total. The number of hydrogen-bond donors (Lipinski definition) is 0. The van der Waals surface area contributed by atoms with Gasteiger partial charge in [0.15, 0.2) is 0 Å². The van der Waals surface area contributed by atoms with E-state index in [1.807, 2.05) is 35.2 Å².